The zero-order valence-electron chi connectivity index (χ0n) is 10.6. The Hall–Kier alpha value is -1.97. The highest BCUT2D eigenvalue weighted by molar-refractivity contribution is 7.89. The van der Waals surface area contributed by atoms with Crippen LogP contribution >= 0.6 is 0 Å². The van der Waals surface area contributed by atoms with Crippen LogP contribution in [0.1, 0.15) is 12.0 Å². The van der Waals surface area contributed by atoms with E-state index in [1.54, 1.807) is 0 Å². The molecule has 110 valence electrons. The molecule has 0 aliphatic rings. The first kappa shape index (κ1) is 16.1. The number of nitrogens with one attached hydrogen (secondary N) is 1. The first-order chi connectivity index (χ1) is 9.20. The third-order valence-corrected chi connectivity index (χ3v) is 3.41. The van der Waals surface area contributed by atoms with Gasteiger partial charge in [0.05, 0.1) is 17.4 Å². The Morgan fingerprint density at radius 2 is 1.75 bits per heavy atom. The summed E-state index contributed by atoms with van der Waals surface area (Å²) in [6, 6.07) is 4.69. The number of rotatable bonds is 6. The van der Waals surface area contributed by atoms with E-state index in [0.717, 1.165) is 0 Å². The summed E-state index contributed by atoms with van der Waals surface area (Å²) in [7, 11) is -3.74. The average Bonchev–Trinajstić information content (AvgIpc) is 2.34. The number of sulfonamides is 1. The quantitative estimate of drug-likeness (QED) is 0.485. The molecule has 8 nitrogen and oxygen atoms in total. The monoisotopic (exact) mass is 300 g/mol. The summed E-state index contributed by atoms with van der Waals surface area (Å²) in [5, 5.41) is 7.47. The molecule has 0 heterocycles. The van der Waals surface area contributed by atoms with Crippen LogP contribution in [0.4, 0.5) is 0 Å². The molecule has 0 saturated heterocycles. The molecule has 0 radical (unpaired) electrons. The summed E-state index contributed by atoms with van der Waals surface area (Å²) in [5.41, 5.74) is 11.0. The van der Waals surface area contributed by atoms with Gasteiger partial charge in [0.1, 0.15) is 0 Å². The van der Waals surface area contributed by atoms with Crippen molar-refractivity contribution in [1.82, 2.24) is 5.32 Å². The Morgan fingerprint density at radius 3 is 2.20 bits per heavy atom. The van der Waals surface area contributed by atoms with Crippen molar-refractivity contribution >= 4 is 21.8 Å². The van der Waals surface area contributed by atoms with Crippen LogP contribution < -0.4 is 21.9 Å². The van der Waals surface area contributed by atoms with E-state index in [-0.39, 0.29) is 17.9 Å². The molecule has 1 aromatic carbocycles. The van der Waals surface area contributed by atoms with E-state index in [0.29, 0.717) is 5.56 Å². The number of primary sulfonamides is 1. The van der Waals surface area contributed by atoms with E-state index in [2.05, 4.69) is 5.32 Å². The highest BCUT2D eigenvalue weighted by atomic mass is 32.2. The highest BCUT2D eigenvalue weighted by Gasteiger charge is 2.15. The number of hydrogen-bond donors (Lipinski definition) is 4. The predicted octanol–water partition coefficient (Wildman–Crippen LogP) is -1.85. The van der Waals surface area contributed by atoms with Gasteiger partial charge in [0.25, 0.3) is 0 Å². The van der Waals surface area contributed by atoms with Crippen LogP contribution in [0.2, 0.25) is 0 Å². The molecule has 1 unspecified atom stereocenters. The third-order valence-electron chi connectivity index (χ3n) is 2.48. The van der Waals surface area contributed by atoms with Gasteiger partial charge in [-0.3, -0.25) is 9.59 Å². The zero-order valence-corrected chi connectivity index (χ0v) is 11.4. The van der Waals surface area contributed by atoms with Crippen LogP contribution in [0.3, 0.4) is 0 Å². The van der Waals surface area contributed by atoms with E-state index in [1.165, 1.54) is 24.3 Å². The van der Waals surface area contributed by atoms with Crippen LogP contribution in [0.25, 0.3) is 0 Å². The topological polar surface area (TPSA) is 158 Å². The van der Waals surface area contributed by atoms with Gasteiger partial charge >= 0.3 is 0 Å². The number of benzene rings is 1. The summed E-state index contributed by atoms with van der Waals surface area (Å²) >= 11 is 0. The fourth-order valence-electron chi connectivity index (χ4n) is 1.43. The maximum atomic E-state index is 11.5. The van der Waals surface area contributed by atoms with Crippen LogP contribution in [0, 0.1) is 0 Å². The van der Waals surface area contributed by atoms with Gasteiger partial charge in [-0.25, -0.2) is 13.6 Å². The van der Waals surface area contributed by atoms with Crippen LogP contribution in [-0.2, 0) is 26.2 Å². The largest absolute Gasteiger partial charge is 0.370 e. The first-order valence-corrected chi connectivity index (χ1v) is 7.18. The fraction of sp³-hybridized carbons (Fsp3) is 0.273. The van der Waals surface area contributed by atoms with E-state index < -0.39 is 27.9 Å². The Kier molecular flexibility index (Phi) is 5.19. The molecule has 20 heavy (non-hydrogen) atoms. The van der Waals surface area contributed by atoms with E-state index in [4.69, 9.17) is 16.6 Å². The van der Waals surface area contributed by atoms with Crippen LogP contribution in [0.5, 0.6) is 0 Å². The van der Waals surface area contributed by atoms with Crippen LogP contribution in [-0.4, -0.2) is 26.3 Å². The Morgan fingerprint density at radius 1 is 1.20 bits per heavy atom. The van der Waals surface area contributed by atoms with Gasteiger partial charge < -0.3 is 16.8 Å². The lowest BCUT2D eigenvalue weighted by Gasteiger charge is -2.10. The minimum atomic E-state index is -3.74. The van der Waals surface area contributed by atoms with Crippen molar-refractivity contribution in [3.05, 3.63) is 29.8 Å². The summed E-state index contributed by atoms with van der Waals surface area (Å²) < 4.78 is 22.1. The van der Waals surface area contributed by atoms with Gasteiger partial charge in [-0.15, -0.1) is 0 Å². The summed E-state index contributed by atoms with van der Waals surface area (Å²) in [5.74, 6) is -1.18. The van der Waals surface area contributed by atoms with Gasteiger partial charge in [0.2, 0.25) is 21.8 Å². The number of hydrogen-bond acceptors (Lipinski definition) is 5. The molecular weight excluding hydrogens is 284 g/mol. The Bertz CT molecular complexity index is 597. The molecule has 0 aliphatic carbocycles. The van der Waals surface area contributed by atoms with E-state index in [9.17, 15) is 18.0 Å². The Labute approximate surface area is 116 Å². The summed E-state index contributed by atoms with van der Waals surface area (Å²) in [6.45, 7) is 0.149. The van der Waals surface area contributed by atoms with Crippen molar-refractivity contribution in [2.45, 2.75) is 23.9 Å². The molecule has 0 aliphatic heterocycles. The van der Waals surface area contributed by atoms with Gasteiger partial charge in [-0.2, -0.15) is 0 Å². The van der Waals surface area contributed by atoms with E-state index in [1.807, 2.05) is 0 Å². The SMILES string of the molecule is NC(=O)CC(N)C(=O)NCc1ccc(S(N)(=O)=O)cc1. The van der Waals surface area contributed by atoms with Crippen molar-refractivity contribution in [3.8, 4) is 0 Å². The van der Waals surface area contributed by atoms with Crippen LogP contribution in [0.15, 0.2) is 29.2 Å². The van der Waals surface area contributed by atoms with Gasteiger partial charge in [0, 0.05) is 6.54 Å². The zero-order chi connectivity index (χ0) is 15.3. The normalized spacial score (nSPS) is 12.7. The number of carbonyl (C=O) groups excluding carboxylic acids is 2. The second-order valence-corrected chi connectivity index (χ2v) is 5.75. The maximum absolute atomic E-state index is 11.5. The van der Waals surface area contributed by atoms with Crippen molar-refractivity contribution in [1.29, 1.82) is 0 Å². The molecule has 2 amide bonds. The highest BCUT2D eigenvalue weighted by Crippen LogP contribution is 2.08. The number of nitrogens with two attached hydrogens (primary N) is 3. The fourth-order valence-corrected chi connectivity index (χ4v) is 1.94. The second kappa shape index (κ2) is 6.46. The van der Waals surface area contributed by atoms with Crippen molar-refractivity contribution < 1.29 is 18.0 Å². The number of amides is 2. The lowest BCUT2D eigenvalue weighted by molar-refractivity contribution is -0.126. The Balaban J connectivity index is 2.58. The predicted molar refractivity (Wildman–Crippen MR) is 71.4 cm³/mol. The minimum absolute atomic E-state index is 0.0157. The lowest BCUT2D eigenvalue weighted by Crippen LogP contribution is -2.42. The molecule has 1 aromatic rings. The molecule has 1 rings (SSSR count). The molecular formula is C11H16N4O4S. The molecule has 0 saturated carbocycles. The average molecular weight is 300 g/mol. The lowest BCUT2D eigenvalue weighted by atomic mass is 10.2. The molecule has 0 aromatic heterocycles. The minimum Gasteiger partial charge on any atom is -0.370 e. The van der Waals surface area contributed by atoms with Crippen molar-refractivity contribution in [2.75, 3.05) is 0 Å². The smallest absolute Gasteiger partial charge is 0.238 e. The first-order valence-electron chi connectivity index (χ1n) is 5.63. The molecule has 1 atom stereocenters. The summed E-state index contributed by atoms with van der Waals surface area (Å²) in [6.07, 6.45) is -0.240. The van der Waals surface area contributed by atoms with Gasteiger partial charge in [-0.05, 0) is 17.7 Å². The van der Waals surface area contributed by atoms with E-state index >= 15 is 0 Å². The molecule has 0 fully saturated rings. The standard InChI is InChI=1S/C11H16N4O4S/c12-9(5-10(13)16)11(17)15-6-7-1-3-8(4-2-7)20(14,18)19/h1-4,9H,5-6,12H2,(H2,13,16)(H,15,17)(H2,14,18,19). The number of carbonyl (C=O) groups is 2. The maximum Gasteiger partial charge on any atom is 0.238 e. The third kappa shape index (κ3) is 4.96. The summed E-state index contributed by atoms with van der Waals surface area (Å²) in [4.78, 5) is 22.1. The second-order valence-electron chi connectivity index (χ2n) is 4.18. The van der Waals surface area contributed by atoms with Crippen molar-refractivity contribution in [2.24, 2.45) is 16.6 Å². The molecule has 9 heteroatoms. The van der Waals surface area contributed by atoms with Gasteiger partial charge in [-0.1, -0.05) is 12.1 Å². The van der Waals surface area contributed by atoms with Gasteiger partial charge in [0.15, 0.2) is 0 Å². The van der Waals surface area contributed by atoms with Crippen molar-refractivity contribution in [3.63, 3.8) is 0 Å². The molecule has 7 N–H and O–H groups in total. The molecule has 0 spiro atoms. The number of primary amides is 1. The molecule has 0 bridgehead atoms.